The van der Waals surface area contributed by atoms with Gasteiger partial charge < -0.3 is 14.7 Å². The molecule has 0 bridgehead atoms. The van der Waals surface area contributed by atoms with Crippen molar-refractivity contribution in [2.24, 2.45) is 0 Å². The molecule has 1 aliphatic heterocycles. The maximum absolute atomic E-state index is 11.4. The van der Waals surface area contributed by atoms with Gasteiger partial charge in [0.1, 0.15) is 0 Å². The molecule has 1 aliphatic rings. The molecule has 0 aliphatic carbocycles. The molecule has 82 valence electrons. The second kappa shape index (κ2) is 6.65. The van der Waals surface area contributed by atoms with Crippen molar-refractivity contribution < 1.29 is 14.6 Å². The number of piperidine rings is 1. The van der Waals surface area contributed by atoms with Gasteiger partial charge in [0.15, 0.2) is 0 Å². The van der Waals surface area contributed by atoms with Crippen LogP contribution in [0.2, 0.25) is 0 Å². The van der Waals surface area contributed by atoms with Crippen molar-refractivity contribution in [3.63, 3.8) is 0 Å². The zero-order valence-electron chi connectivity index (χ0n) is 8.57. The van der Waals surface area contributed by atoms with Crippen LogP contribution in [0.3, 0.4) is 0 Å². The fourth-order valence-electron chi connectivity index (χ4n) is 1.54. The molecule has 1 amide bonds. The number of hydrogen-bond acceptors (Lipinski definition) is 3. The summed E-state index contributed by atoms with van der Waals surface area (Å²) in [6, 6.07) is 0. The zero-order chi connectivity index (χ0) is 10.2. The van der Waals surface area contributed by atoms with E-state index in [0.717, 1.165) is 32.4 Å². The van der Waals surface area contributed by atoms with Crippen LogP contribution in [0.25, 0.3) is 0 Å². The highest BCUT2D eigenvalue weighted by atomic mass is 16.6. The van der Waals surface area contributed by atoms with Gasteiger partial charge in [-0.05, 0) is 32.1 Å². The Morgan fingerprint density at radius 3 is 2.57 bits per heavy atom. The summed E-state index contributed by atoms with van der Waals surface area (Å²) < 4.78 is 5.06. The lowest BCUT2D eigenvalue weighted by molar-refractivity contribution is 0.0922. The monoisotopic (exact) mass is 201 g/mol. The molecule has 14 heavy (non-hydrogen) atoms. The lowest BCUT2D eigenvalue weighted by atomic mass is 10.1. The molecule has 4 nitrogen and oxygen atoms in total. The number of hydrogen-bond donors (Lipinski definition) is 1. The van der Waals surface area contributed by atoms with Crippen LogP contribution in [0.4, 0.5) is 4.79 Å². The van der Waals surface area contributed by atoms with E-state index in [4.69, 9.17) is 9.84 Å². The minimum absolute atomic E-state index is 0.168. The Balaban J connectivity index is 2.07. The third-order valence-corrected chi connectivity index (χ3v) is 2.39. The molecule has 0 unspecified atom stereocenters. The molecule has 1 fully saturated rings. The van der Waals surface area contributed by atoms with Gasteiger partial charge in [0, 0.05) is 19.7 Å². The van der Waals surface area contributed by atoms with Crippen LogP contribution < -0.4 is 0 Å². The predicted octanol–water partition coefficient (Wildman–Crippen LogP) is 1.38. The predicted molar refractivity (Wildman–Crippen MR) is 53.1 cm³/mol. The summed E-state index contributed by atoms with van der Waals surface area (Å²) in [5, 5.41) is 8.53. The number of ether oxygens (including phenoxy) is 1. The van der Waals surface area contributed by atoms with E-state index in [9.17, 15) is 4.79 Å². The minimum atomic E-state index is -0.192. The smallest absolute Gasteiger partial charge is 0.409 e. The third-order valence-electron chi connectivity index (χ3n) is 2.39. The average molecular weight is 201 g/mol. The average Bonchev–Trinajstić information content (AvgIpc) is 2.25. The molecule has 0 atom stereocenters. The van der Waals surface area contributed by atoms with Crippen LogP contribution in [-0.4, -0.2) is 42.4 Å². The van der Waals surface area contributed by atoms with Crippen LogP contribution in [0.1, 0.15) is 32.1 Å². The molecule has 1 rings (SSSR count). The maximum Gasteiger partial charge on any atom is 0.409 e. The number of unbranched alkanes of at least 4 members (excludes halogenated alkanes) is 1. The fourth-order valence-corrected chi connectivity index (χ4v) is 1.54. The molecule has 0 radical (unpaired) electrons. The van der Waals surface area contributed by atoms with Crippen molar-refractivity contribution in [2.45, 2.75) is 32.1 Å². The number of rotatable bonds is 4. The van der Waals surface area contributed by atoms with Gasteiger partial charge in [-0.25, -0.2) is 4.79 Å². The highest BCUT2D eigenvalue weighted by Gasteiger charge is 2.16. The van der Waals surface area contributed by atoms with Gasteiger partial charge in [0.2, 0.25) is 0 Å². The van der Waals surface area contributed by atoms with Gasteiger partial charge in [-0.2, -0.15) is 0 Å². The topological polar surface area (TPSA) is 49.8 Å². The van der Waals surface area contributed by atoms with Crippen molar-refractivity contribution in [3.8, 4) is 0 Å². The third kappa shape index (κ3) is 3.96. The van der Waals surface area contributed by atoms with E-state index in [1.807, 2.05) is 0 Å². The molecule has 1 saturated heterocycles. The van der Waals surface area contributed by atoms with Gasteiger partial charge in [-0.1, -0.05) is 0 Å². The van der Waals surface area contributed by atoms with Gasteiger partial charge >= 0.3 is 6.09 Å². The van der Waals surface area contributed by atoms with Crippen molar-refractivity contribution in [1.29, 1.82) is 0 Å². The maximum atomic E-state index is 11.4. The van der Waals surface area contributed by atoms with Gasteiger partial charge in [-0.3, -0.25) is 0 Å². The lowest BCUT2D eigenvalue weighted by Crippen LogP contribution is -2.36. The van der Waals surface area contributed by atoms with Crippen molar-refractivity contribution in [2.75, 3.05) is 26.3 Å². The number of amides is 1. The van der Waals surface area contributed by atoms with Crippen LogP contribution >= 0.6 is 0 Å². The minimum Gasteiger partial charge on any atom is -0.449 e. The molecule has 0 aromatic rings. The van der Waals surface area contributed by atoms with E-state index in [2.05, 4.69) is 0 Å². The molecule has 0 aromatic heterocycles. The zero-order valence-corrected chi connectivity index (χ0v) is 8.57. The summed E-state index contributed by atoms with van der Waals surface area (Å²) in [5.74, 6) is 0. The quantitative estimate of drug-likeness (QED) is 0.699. The van der Waals surface area contributed by atoms with E-state index in [0.29, 0.717) is 13.0 Å². The summed E-state index contributed by atoms with van der Waals surface area (Å²) in [6.45, 7) is 2.26. The lowest BCUT2D eigenvalue weighted by Gasteiger charge is -2.25. The van der Waals surface area contributed by atoms with E-state index in [1.165, 1.54) is 6.42 Å². The molecule has 4 heteroatoms. The normalized spacial score (nSPS) is 16.8. The van der Waals surface area contributed by atoms with Gasteiger partial charge in [-0.15, -0.1) is 0 Å². The molecule has 1 heterocycles. The largest absolute Gasteiger partial charge is 0.449 e. The summed E-state index contributed by atoms with van der Waals surface area (Å²) in [5.41, 5.74) is 0. The van der Waals surface area contributed by atoms with Crippen molar-refractivity contribution >= 4 is 6.09 Å². The SMILES string of the molecule is O=C(OCCCCO)N1CCCCC1. The number of likely N-dealkylation sites (tertiary alicyclic amines) is 1. The Morgan fingerprint density at radius 1 is 1.21 bits per heavy atom. The van der Waals surface area contributed by atoms with E-state index in [1.54, 1.807) is 4.90 Å². The Morgan fingerprint density at radius 2 is 1.93 bits per heavy atom. The van der Waals surface area contributed by atoms with E-state index < -0.39 is 0 Å². The first-order valence-corrected chi connectivity index (χ1v) is 5.37. The van der Waals surface area contributed by atoms with Crippen molar-refractivity contribution in [1.82, 2.24) is 4.90 Å². The molecule has 1 N–H and O–H groups in total. The second-order valence-electron chi connectivity index (χ2n) is 3.59. The summed E-state index contributed by atoms with van der Waals surface area (Å²) in [6.07, 6.45) is 4.65. The van der Waals surface area contributed by atoms with Gasteiger partial charge in [0.25, 0.3) is 0 Å². The molecule has 0 aromatic carbocycles. The van der Waals surface area contributed by atoms with Crippen LogP contribution in [0.5, 0.6) is 0 Å². The van der Waals surface area contributed by atoms with Crippen LogP contribution in [0, 0.1) is 0 Å². The van der Waals surface area contributed by atoms with Gasteiger partial charge in [0.05, 0.1) is 6.61 Å². The van der Waals surface area contributed by atoms with Crippen LogP contribution in [-0.2, 0) is 4.74 Å². The highest BCUT2D eigenvalue weighted by Crippen LogP contribution is 2.09. The standard InChI is InChI=1S/C10H19NO3/c12-8-4-5-9-14-10(13)11-6-2-1-3-7-11/h12H,1-9H2. The van der Waals surface area contributed by atoms with E-state index >= 15 is 0 Å². The van der Waals surface area contributed by atoms with E-state index in [-0.39, 0.29) is 12.7 Å². The number of carbonyl (C=O) groups is 1. The highest BCUT2D eigenvalue weighted by molar-refractivity contribution is 5.67. The number of aliphatic hydroxyl groups excluding tert-OH is 1. The van der Waals surface area contributed by atoms with Crippen LogP contribution in [0.15, 0.2) is 0 Å². The number of aliphatic hydroxyl groups is 1. The Kier molecular flexibility index (Phi) is 5.37. The Labute approximate surface area is 84.8 Å². The molecule has 0 saturated carbocycles. The first-order valence-electron chi connectivity index (χ1n) is 5.37. The molecular formula is C10H19NO3. The summed E-state index contributed by atoms with van der Waals surface area (Å²) in [7, 11) is 0. The second-order valence-corrected chi connectivity index (χ2v) is 3.59. The summed E-state index contributed by atoms with van der Waals surface area (Å²) >= 11 is 0. The fraction of sp³-hybridized carbons (Fsp3) is 0.900. The number of carbonyl (C=O) groups excluding carboxylic acids is 1. The first kappa shape index (κ1) is 11.3. The Bertz CT molecular complexity index is 167. The summed E-state index contributed by atoms with van der Waals surface area (Å²) in [4.78, 5) is 13.2. The molecule has 0 spiro atoms. The van der Waals surface area contributed by atoms with Crippen molar-refractivity contribution in [3.05, 3.63) is 0 Å². The Hall–Kier alpha value is -0.770. The number of nitrogens with zero attached hydrogens (tertiary/aromatic N) is 1. The first-order chi connectivity index (χ1) is 6.84. The molecular weight excluding hydrogens is 182 g/mol.